The van der Waals surface area contributed by atoms with Crippen molar-refractivity contribution in [2.45, 2.75) is 20.0 Å². The van der Waals surface area contributed by atoms with Crippen LogP contribution in [0.4, 0.5) is 5.95 Å². The fourth-order valence-corrected chi connectivity index (χ4v) is 2.68. The standard InChI is InChI=1S/C21H22N4O3/c1-14(2)28-19-7-5-4-6-16(19)18(26)13-23-21-24-17(12-20(27)25(21)3)15-8-10-22-11-9-15/h4-12,14H,13H2,1-3H3,(H,23,24). The summed E-state index contributed by atoms with van der Waals surface area (Å²) in [5.41, 5.74) is 1.56. The number of hydrogen-bond acceptors (Lipinski definition) is 6. The lowest BCUT2D eigenvalue weighted by Crippen LogP contribution is -2.25. The average Bonchev–Trinajstić information content (AvgIpc) is 2.69. The molecule has 0 atom stereocenters. The first-order valence-corrected chi connectivity index (χ1v) is 8.97. The molecule has 0 bridgehead atoms. The molecular formula is C21H22N4O3. The van der Waals surface area contributed by atoms with Crippen LogP contribution in [0.25, 0.3) is 11.3 Å². The number of carbonyl (C=O) groups excluding carboxylic acids is 1. The van der Waals surface area contributed by atoms with Crippen molar-refractivity contribution in [3.05, 3.63) is 70.8 Å². The molecule has 0 radical (unpaired) electrons. The first-order chi connectivity index (χ1) is 13.5. The van der Waals surface area contributed by atoms with Gasteiger partial charge >= 0.3 is 0 Å². The van der Waals surface area contributed by atoms with E-state index in [1.807, 2.05) is 19.9 Å². The number of Topliss-reactive ketones (excluding diaryl/α,β-unsaturated/α-hetero) is 1. The summed E-state index contributed by atoms with van der Waals surface area (Å²) in [6.07, 6.45) is 3.23. The van der Waals surface area contributed by atoms with Gasteiger partial charge < -0.3 is 10.1 Å². The molecule has 0 saturated heterocycles. The van der Waals surface area contributed by atoms with Crippen LogP contribution in [-0.2, 0) is 7.05 Å². The summed E-state index contributed by atoms with van der Waals surface area (Å²) in [5.74, 6) is 0.700. The Kier molecular flexibility index (Phi) is 5.84. The Bertz CT molecular complexity index is 1030. The molecule has 0 unspecified atom stereocenters. The van der Waals surface area contributed by atoms with E-state index < -0.39 is 0 Å². The van der Waals surface area contributed by atoms with E-state index >= 15 is 0 Å². The predicted octanol–water partition coefficient (Wildman–Crippen LogP) is 2.92. The van der Waals surface area contributed by atoms with Gasteiger partial charge in [0.25, 0.3) is 5.56 Å². The Hall–Kier alpha value is -3.48. The zero-order valence-corrected chi connectivity index (χ0v) is 16.0. The second-order valence-corrected chi connectivity index (χ2v) is 6.54. The number of nitrogens with one attached hydrogen (secondary N) is 1. The molecule has 0 aliphatic rings. The summed E-state index contributed by atoms with van der Waals surface area (Å²) in [5, 5.41) is 2.97. The van der Waals surface area contributed by atoms with Crippen molar-refractivity contribution in [3.63, 3.8) is 0 Å². The van der Waals surface area contributed by atoms with Crippen molar-refractivity contribution in [2.75, 3.05) is 11.9 Å². The minimum absolute atomic E-state index is 0.0153. The van der Waals surface area contributed by atoms with Gasteiger partial charge in [-0.2, -0.15) is 0 Å². The molecule has 7 heteroatoms. The van der Waals surface area contributed by atoms with Crippen molar-refractivity contribution in [1.29, 1.82) is 0 Å². The second kappa shape index (κ2) is 8.47. The van der Waals surface area contributed by atoms with Crippen LogP contribution in [0.5, 0.6) is 5.75 Å². The van der Waals surface area contributed by atoms with Gasteiger partial charge in [-0.3, -0.25) is 19.1 Å². The molecule has 0 amide bonds. The van der Waals surface area contributed by atoms with E-state index in [-0.39, 0.29) is 24.0 Å². The van der Waals surface area contributed by atoms with E-state index in [0.29, 0.717) is 23.0 Å². The van der Waals surface area contributed by atoms with Crippen molar-refractivity contribution < 1.29 is 9.53 Å². The third-order valence-electron chi connectivity index (χ3n) is 4.07. The van der Waals surface area contributed by atoms with Crippen molar-refractivity contribution in [1.82, 2.24) is 14.5 Å². The molecule has 2 heterocycles. The molecular weight excluding hydrogens is 356 g/mol. The zero-order chi connectivity index (χ0) is 20.1. The maximum absolute atomic E-state index is 12.7. The first-order valence-electron chi connectivity index (χ1n) is 8.97. The van der Waals surface area contributed by atoms with E-state index in [4.69, 9.17) is 4.74 Å². The third kappa shape index (κ3) is 4.43. The van der Waals surface area contributed by atoms with Crippen LogP contribution in [0.15, 0.2) is 59.7 Å². The number of benzene rings is 1. The molecule has 1 N–H and O–H groups in total. The maximum Gasteiger partial charge on any atom is 0.255 e. The first kappa shape index (κ1) is 19.3. The van der Waals surface area contributed by atoms with E-state index in [1.54, 1.807) is 49.8 Å². The zero-order valence-electron chi connectivity index (χ0n) is 16.0. The van der Waals surface area contributed by atoms with Gasteiger partial charge in [0.15, 0.2) is 5.78 Å². The molecule has 0 aliphatic carbocycles. The molecule has 0 aliphatic heterocycles. The molecule has 0 saturated carbocycles. The molecule has 0 fully saturated rings. The number of anilines is 1. The van der Waals surface area contributed by atoms with Crippen molar-refractivity contribution in [2.24, 2.45) is 7.05 Å². The fraction of sp³-hybridized carbons (Fsp3) is 0.238. The summed E-state index contributed by atoms with van der Waals surface area (Å²) in [7, 11) is 1.61. The Morgan fingerprint density at radius 2 is 1.89 bits per heavy atom. The largest absolute Gasteiger partial charge is 0.490 e. The third-order valence-corrected chi connectivity index (χ3v) is 4.07. The predicted molar refractivity (Wildman–Crippen MR) is 108 cm³/mol. The summed E-state index contributed by atoms with van der Waals surface area (Å²) in [6, 6.07) is 12.1. The number of hydrogen-bond donors (Lipinski definition) is 1. The van der Waals surface area contributed by atoms with Gasteiger partial charge in [0.2, 0.25) is 5.95 Å². The summed E-state index contributed by atoms with van der Waals surface area (Å²) >= 11 is 0. The molecule has 3 aromatic rings. The highest BCUT2D eigenvalue weighted by molar-refractivity contribution is 6.01. The van der Waals surface area contributed by atoms with Gasteiger partial charge in [-0.25, -0.2) is 4.98 Å². The Morgan fingerprint density at radius 1 is 1.18 bits per heavy atom. The van der Waals surface area contributed by atoms with Crippen LogP contribution < -0.4 is 15.6 Å². The number of para-hydroxylation sites is 1. The van der Waals surface area contributed by atoms with Crippen LogP contribution in [0, 0.1) is 0 Å². The van der Waals surface area contributed by atoms with E-state index in [0.717, 1.165) is 5.56 Å². The number of ketones is 1. The number of rotatable bonds is 7. The smallest absolute Gasteiger partial charge is 0.255 e. The number of ether oxygens (including phenoxy) is 1. The summed E-state index contributed by atoms with van der Waals surface area (Å²) < 4.78 is 7.08. The molecule has 7 nitrogen and oxygen atoms in total. The maximum atomic E-state index is 12.7. The van der Waals surface area contributed by atoms with Gasteiger partial charge in [-0.15, -0.1) is 0 Å². The lowest BCUT2D eigenvalue weighted by atomic mass is 10.1. The Morgan fingerprint density at radius 3 is 2.61 bits per heavy atom. The van der Waals surface area contributed by atoms with Gasteiger partial charge in [0, 0.05) is 31.1 Å². The monoisotopic (exact) mass is 378 g/mol. The molecule has 0 spiro atoms. The van der Waals surface area contributed by atoms with Crippen molar-refractivity contribution >= 4 is 11.7 Å². The van der Waals surface area contributed by atoms with Crippen LogP contribution >= 0.6 is 0 Å². The average molecular weight is 378 g/mol. The highest BCUT2D eigenvalue weighted by Crippen LogP contribution is 2.20. The van der Waals surface area contributed by atoms with Crippen molar-refractivity contribution in [3.8, 4) is 17.0 Å². The highest BCUT2D eigenvalue weighted by atomic mass is 16.5. The van der Waals surface area contributed by atoms with E-state index in [9.17, 15) is 9.59 Å². The number of carbonyl (C=O) groups is 1. The van der Waals surface area contributed by atoms with Gasteiger partial charge in [0.1, 0.15) is 5.75 Å². The van der Waals surface area contributed by atoms with Gasteiger partial charge in [0.05, 0.1) is 23.9 Å². The quantitative estimate of drug-likeness (QED) is 0.636. The number of pyridine rings is 1. The molecule has 2 aromatic heterocycles. The van der Waals surface area contributed by atoms with Crippen LogP contribution in [-0.4, -0.2) is 33.0 Å². The van der Waals surface area contributed by atoms with Gasteiger partial charge in [-0.1, -0.05) is 12.1 Å². The SMILES string of the molecule is CC(C)Oc1ccccc1C(=O)CNc1nc(-c2ccncc2)cc(=O)n1C. The van der Waals surface area contributed by atoms with E-state index in [2.05, 4.69) is 15.3 Å². The van der Waals surface area contributed by atoms with E-state index in [1.165, 1.54) is 10.6 Å². The lowest BCUT2D eigenvalue weighted by molar-refractivity contribution is 0.1000. The van der Waals surface area contributed by atoms with Crippen LogP contribution in [0.1, 0.15) is 24.2 Å². The van der Waals surface area contributed by atoms with Crippen LogP contribution in [0.2, 0.25) is 0 Å². The van der Waals surface area contributed by atoms with Crippen LogP contribution in [0.3, 0.4) is 0 Å². The fourth-order valence-electron chi connectivity index (χ4n) is 2.68. The highest BCUT2D eigenvalue weighted by Gasteiger charge is 2.14. The van der Waals surface area contributed by atoms with Gasteiger partial charge in [-0.05, 0) is 38.1 Å². The minimum atomic E-state index is -0.222. The molecule has 144 valence electrons. The summed E-state index contributed by atoms with van der Waals surface area (Å²) in [6.45, 7) is 3.80. The number of nitrogens with zero attached hydrogens (tertiary/aromatic N) is 3. The molecule has 3 rings (SSSR count). The molecule has 28 heavy (non-hydrogen) atoms. The lowest BCUT2D eigenvalue weighted by Gasteiger charge is -2.14. The minimum Gasteiger partial charge on any atom is -0.490 e. The Balaban J connectivity index is 1.82. The topological polar surface area (TPSA) is 86.1 Å². The number of aromatic nitrogens is 3. The molecule has 1 aromatic carbocycles. The second-order valence-electron chi connectivity index (χ2n) is 6.54. The summed E-state index contributed by atoms with van der Waals surface area (Å²) in [4.78, 5) is 33.4. The normalized spacial score (nSPS) is 10.7. The Labute approximate surface area is 163 Å².